The first kappa shape index (κ1) is 11.1. The lowest BCUT2D eigenvalue weighted by Gasteiger charge is -2.10. The SMILES string of the molecule is NCC(=O)Nc1ccc(C2CCCC2)cc1. The number of hydrogen-bond acceptors (Lipinski definition) is 2. The van der Waals surface area contributed by atoms with Crippen LogP contribution in [-0.2, 0) is 4.79 Å². The highest BCUT2D eigenvalue weighted by Gasteiger charge is 2.16. The van der Waals surface area contributed by atoms with Crippen molar-refractivity contribution in [2.45, 2.75) is 31.6 Å². The number of benzene rings is 1. The zero-order valence-corrected chi connectivity index (χ0v) is 9.41. The van der Waals surface area contributed by atoms with Gasteiger partial charge in [-0.2, -0.15) is 0 Å². The summed E-state index contributed by atoms with van der Waals surface area (Å²) in [5.41, 5.74) is 7.46. The zero-order valence-electron chi connectivity index (χ0n) is 9.41. The number of anilines is 1. The molecule has 1 aliphatic carbocycles. The van der Waals surface area contributed by atoms with Gasteiger partial charge < -0.3 is 11.1 Å². The lowest BCUT2D eigenvalue weighted by molar-refractivity contribution is -0.114. The second-order valence-corrected chi connectivity index (χ2v) is 4.36. The number of carbonyl (C=O) groups excluding carboxylic acids is 1. The van der Waals surface area contributed by atoms with Gasteiger partial charge in [0, 0.05) is 5.69 Å². The summed E-state index contributed by atoms with van der Waals surface area (Å²) in [5.74, 6) is 0.577. The minimum atomic E-state index is -0.145. The Morgan fingerprint density at radius 2 is 1.88 bits per heavy atom. The van der Waals surface area contributed by atoms with E-state index in [-0.39, 0.29) is 12.5 Å². The molecule has 86 valence electrons. The highest BCUT2D eigenvalue weighted by Crippen LogP contribution is 2.34. The van der Waals surface area contributed by atoms with Gasteiger partial charge in [0.1, 0.15) is 0 Å². The molecule has 0 heterocycles. The van der Waals surface area contributed by atoms with E-state index in [2.05, 4.69) is 17.4 Å². The Bertz CT molecular complexity index is 353. The van der Waals surface area contributed by atoms with Crippen molar-refractivity contribution in [3.8, 4) is 0 Å². The van der Waals surface area contributed by atoms with Gasteiger partial charge in [-0.05, 0) is 36.5 Å². The predicted octanol–water partition coefficient (Wildman–Crippen LogP) is 2.24. The maximum Gasteiger partial charge on any atom is 0.238 e. The molecule has 2 rings (SSSR count). The molecule has 1 aromatic rings. The number of rotatable bonds is 3. The van der Waals surface area contributed by atoms with E-state index < -0.39 is 0 Å². The van der Waals surface area contributed by atoms with Gasteiger partial charge in [-0.3, -0.25) is 4.79 Å². The quantitative estimate of drug-likeness (QED) is 0.817. The van der Waals surface area contributed by atoms with E-state index >= 15 is 0 Å². The Morgan fingerprint density at radius 3 is 2.44 bits per heavy atom. The molecule has 3 heteroatoms. The lowest BCUT2D eigenvalue weighted by atomic mass is 9.98. The molecule has 0 spiro atoms. The fraction of sp³-hybridized carbons (Fsp3) is 0.462. The summed E-state index contributed by atoms with van der Waals surface area (Å²) < 4.78 is 0. The van der Waals surface area contributed by atoms with Gasteiger partial charge in [0.2, 0.25) is 5.91 Å². The van der Waals surface area contributed by atoms with Crippen LogP contribution in [0.5, 0.6) is 0 Å². The number of nitrogens with one attached hydrogen (secondary N) is 1. The van der Waals surface area contributed by atoms with Gasteiger partial charge >= 0.3 is 0 Å². The molecule has 1 aromatic carbocycles. The van der Waals surface area contributed by atoms with Crippen LogP contribution in [0.25, 0.3) is 0 Å². The molecule has 0 saturated heterocycles. The largest absolute Gasteiger partial charge is 0.325 e. The van der Waals surface area contributed by atoms with Crippen LogP contribution >= 0.6 is 0 Å². The highest BCUT2D eigenvalue weighted by atomic mass is 16.1. The molecule has 3 nitrogen and oxygen atoms in total. The topological polar surface area (TPSA) is 55.1 Å². The molecule has 1 aliphatic rings. The van der Waals surface area contributed by atoms with Crippen molar-refractivity contribution in [2.24, 2.45) is 5.73 Å². The monoisotopic (exact) mass is 218 g/mol. The van der Waals surface area contributed by atoms with Crippen molar-refractivity contribution < 1.29 is 4.79 Å². The van der Waals surface area contributed by atoms with Gasteiger partial charge in [0.15, 0.2) is 0 Å². The van der Waals surface area contributed by atoms with Crippen molar-refractivity contribution in [3.05, 3.63) is 29.8 Å². The van der Waals surface area contributed by atoms with E-state index in [1.54, 1.807) is 0 Å². The third-order valence-corrected chi connectivity index (χ3v) is 3.21. The van der Waals surface area contributed by atoms with Gasteiger partial charge in [0.25, 0.3) is 0 Å². The molecule has 16 heavy (non-hydrogen) atoms. The third-order valence-electron chi connectivity index (χ3n) is 3.21. The molecular weight excluding hydrogens is 200 g/mol. The van der Waals surface area contributed by atoms with Crippen LogP contribution < -0.4 is 11.1 Å². The first-order chi connectivity index (χ1) is 7.79. The molecule has 1 saturated carbocycles. The average molecular weight is 218 g/mol. The molecule has 0 aromatic heterocycles. The van der Waals surface area contributed by atoms with E-state index in [4.69, 9.17) is 5.73 Å². The number of nitrogens with two attached hydrogens (primary N) is 1. The van der Waals surface area contributed by atoms with Crippen LogP contribution in [0.3, 0.4) is 0 Å². The second kappa shape index (κ2) is 5.12. The van der Waals surface area contributed by atoms with Gasteiger partial charge in [-0.25, -0.2) is 0 Å². The summed E-state index contributed by atoms with van der Waals surface area (Å²) in [5, 5.41) is 2.75. The van der Waals surface area contributed by atoms with E-state index in [1.165, 1.54) is 31.2 Å². The van der Waals surface area contributed by atoms with Crippen LogP contribution in [0.15, 0.2) is 24.3 Å². The Hall–Kier alpha value is -1.35. The summed E-state index contributed by atoms with van der Waals surface area (Å²) >= 11 is 0. The maximum atomic E-state index is 11.1. The molecule has 0 atom stereocenters. The molecular formula is C13H18N2O. The minimum absolute atomic E-state index is 0.0321. The van der Waals surface area contributed by atoms with Gasteiger partial charge in [0.05, 0.1) is 6.54 Å². The van der Waals surface area contributed by atoms with Crippen LogP contribution in [0.1, 0.15) is 37.2 Å². The molecule has 0 aliphatic heterocycles. The molecule has 0 unspecified atom stereocenters. The van der Waals surface area contributed by atoms with Crippen LogP contribution in [-0.4, -0.2) is 12.5 Å². The number of hydrogen-bond donors (Lipinski definition) is 2. The molecule has 0 radical (unpaired) electrons. The lowest BCUT2D eigenvalue weighted by Crippen LogP contribution is -2.21. The predicted molar refractivity (Wildman–Crippen MR) is 65.3 cm³/mol. The molecule has 0 bridgehead atoms. The highest BCUT2D eigenvalue weighted by molar-refractivity contribution is 5.92. The number of carbonyl (C=O) groups is 1. The fourth-order valence-corrected chi connectivity index (χ4v) is 2.31. The summed E-state index contributed by atoms with van der Waals surface area (Å²) in [4.78, 5) is 11.1. The van der Waals surface area contributed by atoms with Gasteiger partial charge in [-0.15, -0.1) is 0 Å². The minimum Gasteiger partial charge on any atom is -0.325 e. The standard InChI is InChI=1S/C13H18N2O/c14-9-13(16)15-12-7-5-11(6-8-12)10-3-1-2-4-10/h5-8,10H,1-4,9,14H2,(H,15,16). The van der Waals surface area contributed by atoms with Crippen molar-refractivity contribution in [1.82, 2.24) is 0 Å². The summed E-state index contributed by atoms with van der Waals surface area (Å²) in [6.45, 7) is 0.0321. The van der Waals surface area contributed by atoms with E-state index in [9.17, 15) is 4.79 Å². The normalized spacial score (nSPS) is 16.3. The second-order valence-electron chi connectivity index (χ2n) is 4.36. The van der Waals surface area contributed by atoms with E-state index in [0.29, 0.717) is 0 Å². The first-order valence-electron chi connectivity index (χ1n) is 5.89. The first-order valence-corrected chi connectivity index (χ1v) is 5.89. The summed E-state index contributed by atoms with van der Waals surface area (Å²) in [6, 6.07) is 8.15. The van der Waals surface area contributed by atoms with E-state index in [1.807, 2.05) is 12.1 Å². The molecule has 3 N–H and O–H groups in total. The molecule has 1 fully saturated rings. The summed E-state index contributed by atoms with van der Waals surface area (Å²) in [7, 11) is 0. The smallest absolute Gasteiger partial charge is 0.238 e. The third kappa shape index (κ3) is 2.61. The number of amides is 1. The van der Waals surface area contributed by atoms with E-state index in [0.717, 1.165) is 11.6 Å². The summed E-state index contributed by atoms with van der Waals surface area (Å²) in [6.07, 6.45) is 5.29. The van der Waals surface area contributed by atoms with Gasteiger partial charge in [-0.1, -0.05) is 25.0 Å². The van der Waals surface area contributed by atoms with Crippen molar-refractivity contribution in [2.75, 3.05) is 11.9 Å². The van der Waals surface area contributed by atoms with Crippen molar-refractivity contribution >= 4 is 11.6 Å². The molecule has 1 amide bonds. The zero-order chi connectivity index (χ0) is 11.4. The maximum absolute atomic E-state index is 11.1. The Kier molecular flexibility index (Phi) is 3.57. The Morgan fingerprint density at radius 1 is 1.25 bits per heavy atom. The van der Waals surface area contributed by atoms with Crippen LogP contribution in [0.2, 0.25) is 0 Å². The average Bonchev–Trinajstić information content (AvgIpc) is 2.83. The Labute approximate surface area is 96.0 Å². The van der Waals surface area contributed by atoms with Crippen molar-refractivity contribution in [3.63, 3.8) is 0 Å². The Balaban J connectivity index is 2.01. The van der Waals surface area contributed by atoms with Crippen LogP contribution in [0.4, 0.5) is 5.69 Å². The fourth-order valence-electron chi connectivity index (χ4n) is 2.31. The van der Waals surface area contributed by atoms with Crippen LogP contribution in [0, 0.1) is 0 Å². The van der Waals surface area contributed by atoms with Crippen molar-refractivity contribution in [1.29, 1.82) is 0 Å².